The largest absolute Gasteiger partial charge is 0.487 e. The summed E-state index contributed by atoms with van der Waals surface area (Å²) in [6.45, 7) is -0.106. The van der Waals surface area contributed by atoms with E-state index >= 15 is 0 Å². The van der Waals surface area contributed by atoms with Crippen LogP contribution in [0.4, 0.5) is 4.39 Å². The van der Waals surface area contributed by atoms with E-state index in [-0.39, 0.29) is 61.6 Å². The minimum absolute atomic E-state index is 0.0204. The smallest absolute Gasteiger partial charge is 0.343 e. The molecule has 3 aromatic rings. The zero-order valence-corrected chi connectivity index (χ0v) is 19.1. The summed E-state index contributed by atoms with van der Waals surface area (Å²) in [4.78, 5) is 26.1. The number of pyridine rings is 1. The van der Waals surface area contributed by atoms with Crippen molar-refractivity contribution in [2.24, 2.45) is 0 Å². The molecule has 2 fully saturated rings. The van der Waals surface area contributed by atoms with Gasteiger partial charge in [-0.3, -0.25) is 4.79 Å². The number of hydrogen-bond donors (Lipinski definition) is 3. The number of aliphatic hydroxyl groups excluding tert-OH is 1. The molecule has 0 amide bonds. The van der Waals surface area contributed by atoms with Gasteiger partial charge in [0.1, 0.15) is 24.4 Å². The summed E-state index contributed by atoms with van der Waals surface area (Å²) in [5.74, 6) is -1.43. The predicted molar refractivity (Wildman–Crippen MR) is 126 cm³/mol. The van der Waals surface area contributed by atoms with Gasteiger partial charge in [-0.25, -0.2) is 9.18 Å². The van der Waals surface area contributed by atoms with Crippen molar-refractivity contribution in [2.45, 2.75) is 43.6 Å². The van der Waals surface area contributed by atoms with Crippen LogP contribution in [0.2, 0.25) is 0 Å². The summed E-state index contributed by atoms with van der Waals surface area (Å²) in [6, 6.07) is 11.4. The van der Waals surface area contributed by atoms with E-state index in [4.69, 9.17) is 9.47 Å². The second kappa shape index (κ2) is 9.41. The molecule has 2 atom stereocenters. The molecule has 184 valence electrons. The SMILES string of the molecule is O=C(OCc1ccccc1)c1cn(C2CC2)c2c(OC[C@@H]3C[C@@](O)(CO)CN3)c(F)ccc2c1=O. The van der Waals surface area contributed by atoms with E-state index in [1.807, 2.05) is 30.3 Å². The number of carbonyl (C=O) groups excluding carboxylic acids is 1. The minimum Gasteiger partial charge on any atom is -0.487 e. The molecule has 0 radical (unpaired) electrons. The van der Waals surface area contributed by atoms with Crippen molar-refractivity contribution in [2.75, 3.05) is 19.8 Å². The van der Waals surface area contributed by atoms with E-state index < -0.39 is 22.8 Å². The van der Waals surface area contributed by atoms with Gasteiger partial charge in [0, 0.05) is 24.8 Å². The normalized spacial score (nSPS) is 21.9. The van der Waals surface area contributed by atoms with Crippen LogP contribution in [0.1, 0.15) is 41.2 Å². The first kappa shape index (κ1) is 23.5. The molecule has 0 spiro atoms. The standard InChI is InChI=1S/C26H27FN2O6/c27-21-9-8-19-22(24(21)34-13-17-10-26(33,15-30)14-28-17)29(18-6-7-18)11-20(23(19)31)25(32)35-12-16-4-2-1-3-5-16/h1-5,8-9,11,17-18,28,30,33H,6-7,10,12-15H2/t17-,26-/m0/s1. The second-order valence-corrected chi connectivity index (χ2v) is 9.32. The highest BCUT2D eigenvalue weighted by atomic mass is 19.1. The molecule has 0 unspecified atom stereocenters. The van der Waals surface area contributed by atoms with Crippen LogP contribution in [0.5, 0.6) is 5.75 Å². The van der Waals surface area contributed by atoms with Crippen LogP contribution in [-0.4, -0.2) is 52.2 Å². The zero-order valence-electron chi connectivity index (χ0n) is 19.1. The number of ether oxygens (including phenoxy) is 2. The molecule has 1 aliphatic carbocycles. The van der Waals surface area contributed by atoms with Crippen LogP contribution in [0, 0.1) is 5.82 Å². The van der Waals surface area contributed by atoms with Crippen molar-refractivity contribution in [1.82, 2.24) is 9.88 Å². The van der Waals surface area contributed by atoms with Crippen LogP contribution in [0.3, 0.4) is 0 Å². The Morgan fingerprint density at radius 2 is 1.97 bits per heavy atom. The molecule has 9 heteroatoms. The maximum atomic E-state index is 14.9. The van der Waals surface area contributed by atoms with E-state index in [2.05, 4.69) is 5.32 Å². The van der Waals surface area contributed by atoms with E-state index in [1.54, 1.807) is 4.57 Å². The molecule has 1 saturated heterocycles. The number of fused-ring (bicyclic) bond motifs is 1. The number of hydrogen-bond acceptors (Lipinski definition) is 7. The first-order valence-electron chi connectivity index (χ1n) is 11.7. The summed E-state index contributed by atoms with van der Waals surface area (Å²) in [6.07, 6.45) is 3.36. The molecular weight excluding hydrogens is 455 g/mol. The van der Waals surface area contributed by atoms with Gasteiger partial charge in [-0.15, -0.1) is 0 Å². The van der Waals surface area contributed by atoms with Gasteiger partial charge in [-0.05, 0) is 37.0 Å². The lowest BCUT2D eigenvalue weighted by Gasteiger charge is -2.20. The number of β-amino-alcohol motifs (C(OH)–C–C–N with tert-alkyl or cyclic N) is 1. The molecule has 3 N–H and O–H groups in total. The Kier molecular flexibility index (Phi) is 6.31. The average molecular weight is 483 g/mol. The van der Waals surface area contributed by atoms with Crippen LogP contribution in [0.15, 0.2) is 53.5 Å². The average Bonchev–Trinajstić information content (AvgIpc) is 3.64. The van der Waals surface area contributed by atoms with Crippen LogP contribution < -0.4 is 15.5 Å². The van der Waals surface area contributed by atoms with Gasteiger partial charge in [0.05, 0.1) is 17.5 Å². The number of carbonyl (C=O) groups is 1. The fraction of sp³-hybridized carbons (Fsp3) is 0.385. The van der Waals surface area contributed by atoms with E-state index in [1.165, 1.54) is 12.3 Å². The van der Waals surface area contributed by atoms with Gasteiger partial charge in [-0.1, -0.05) is 30.3 Å². The van der Waals surface area contributed by atoms with Crippen molar-refractivity contribution >= 4 is 16.9 Å². The van der Waals surface area contributed by atoms with Gasteiger partial charge in [0.25, 0.3) is 0 Å². The quantitative estimate of drug-likeness (QED) is 0.423. The Labute approximate surface area is 200 Å². The van der Waals surface area contributed by atoms with Gasteiger partial charge in [0.15, 0.2) is 11.6 Å². The zero-order chi connectivity index (χ0) is 24.6. The second-order valence-electron chi connectivity index (χ2n) is 9.32. The molecule has 1 aliphatic heterocycles. The maximum absolute atomic E-state index is 14.9. The molecule has 2 aliphatic rings. The summed E-state index contributed by atoms with van der Waals surface area (Å²) in [5.41, 5.74) is -0.795. The number of aromatic nitrogens is 1. The minimum atomic E-state index is -1.24. The van der Waals surface area contributed by atoms with Crippen molar-refractivity contribution in [3.8, 4) is 5.75 Å². The number of nitrogens with zero attached hydrogens (tertiary/aromatic N) is 1. The van der Waals surface area contributed by atoms with Gasteiger partial charge in [0.2, 0.25) is 5.43 Å². The van der Waals surface area contributed by atoms with Crippen LogP contribution in [-0.2, 0) is 11.3 Å². The van der Waals surface area contributed by atoms with Crippen molar-refractivity contribution in [1.29, 1.82) is 0 Å². The highest BCUT2D eigenvalue weighted by molar-refractivity contribution is 5.95. The number of aliphatic hydroxyl groups is 2. The third kappa shape index (κ3) is 4.80. The Hall–Kier alpha value is -3.27. The van der Waals surface area contributed by atoms with Crippen molar-refractivity contribution in [3.05, 3.63) is 75.8 Å². The Morgan fingerprint density at radius 1 is 1.20 bits per heavy atom. The van der Waals surface area contributed by atoms with Gasteiger partial charge in [-0.2, -0.15) is 0 Å². The lowest BCUT2D eigenvalue weighted by atomic mass is 10.0. The van der Waals surface area contributed by atoms with Crippen LogP contribution >= 0.6 is 0 Å². The Balaban J connectivity index is 1.46. The topological polar surface area (TPSA) is 110 Å². The molecule has 0 bridgehead atoms. The number of benzene rings is 2. The number of rotatable bonds is 8. The van der Waals surface area contributed by atoms with Crippen molar-refractivity contribution < 1.29 is 28.9 Å². The molecular formula is C26H27FN2O6. The first-order valence-corrected chi connectivity index (χ1v) is 11.7. The fourth-order valence-corrected chi connectivity index (χ4v) is 4.48. The molecule has 1 aromatic heterocycles. The third-order valence-electron chi connectivity index (χ3n) is 6.54. The molecule has 35 heavy (non-hydrogen) atoms. The Morgan fingerprint density at radius 3 is 2.66 bits per heavy atom. The van der Waals surface area contributed by atoms with E-state index in [9.17, 15) is 24.2 Å². The lowest BCUT2D eigenvalue weighted by Crippen LogP contribution is -2.35. The van der Waals surface area contributed by atoms with E-state index in [0.29, 0.717) is 5.52 Å². The monoisotopic (exact) mass is 482 g/mol. The van der Waals surface area contributed by atoms with Crippen LogP contribution in [0.25, 0.3) is 10.9 Å². The molecule has 2 aromatic carbocycles. The third-order valence-corrected chi connectivity index (χ3v) is 6.54. The lowest BCUT2D eigenvalue weighted by molar-refractivity contribution is 0.000249. The Bertz CT molecular complexity index is 1310. The van der Waals surface area contributed by atoms with E-state index in [0.717, 1.165) is 24.5 Å². The van der Waals surface area contributed by atoms with Gasteiger partial charge >= 0.3 is 5.97 Å². The fourth-order valence-electron chi connectivity index (χ4n) is 4.48. The highest BCUT2D eigenvalue weighted by Gasteiger charge is 2.37. The molecule has 5 rings (SSSR count). The summed E-state index contributed by atoms with van der Waals surface area (Å²) in [5, 5.41) is 22.8. The van der Waals surface area contributed by atoms with Crippen molar-refractivity contribution in [3.63, 3.8) is 0 Å². The highest BCUT2D eigenvalue weighted by Crippen LogP contribution is 2.40. The molecule has 1 saturated carbocycles. The van der Waals surface area contributed by atoms with Gasteiger partial charge < -0.3 is 29.6 Å². The number of halogens is 1. The molecule has 8 nitrogen and oxygen atoms in total. The number of nitrogens with one attached hydrogen (secondary N) is 1. The maximum Gasteiger partial charge on any atom is 0.343 e. The first-order chi connectivity index (χ1) is 16.9. The predicted octanol–water partition coefficient (Wildman–Crippen LogP) is 2.30. The molecule has 2 heterocycles. The number of esters is 1. The summed E-state index contributed by atoms with van der Waals surface area (Å²) in [7, 11) is 0. The summed E-state index contributed by atoms with van der Waals surface area (Å²) >= 11 is 0. The summed E-state index contributed by atoms with van der Waals surface area (Å²) < 4.78 is 27.9.